The predicted octanol–water partition coefficient (Wildman–Crippen LogP) is 3.48. The monoisotopic (exact) mass is 385 g/mol. The molecule has 1 N–H and O–H groups in total. The number of rotatable bonds is 8. The third-order valence-corrected chi connectivity index (χ3v) is 4.66. The molecule has 0 atom stereocenters. The van der Waals surface area contributed by atoms with Crippen LogP contribution in [0.15, 0.2) is 46.3 Å². The number of carbonyl (C=O) groups excluding carboxylic acids is 2. The van der Waals surface area contributed by atoms with Crippen LogP contribution in [0.5, 0.6) is 0 Å². The van der Waals surface area contributed by atoms with Crippen LogP contribution in [0, 0.1) is 0 Å². The summed E-state index contributed by atoms with van der Waals surface area (Å²) in [6.07, 6.45) is 1.12. The number of nitrogens with zero attached hydrogens (tertiary/aromatic N) is 2. The molecule has 8 heteroatoms. The van der Waals surface area contributed by atoms with Crippen molar-refractivity contribution >= 4 is 28.9 Å². The minimum Gasteiger partial charge on any atom is -0.456 e. The number of amides is 1. The quantitative estimate of drug-likeness (QED) is 0.597. The van der Waals surface area contributed by atoms with Crippen molar-refractivity contribution in [2.24, 2.45) is 0 Å². The van der Waals surface area contributed by atoms with Crippen molar-refractivity contribution in [3.8, 4) is 10.7 Å². The smallest absolute Gasteiger partial charge is 0.306 e. The highest BCUT2D eigenvalue weighted by atomic mass is 32.1. The molecule has 2 aromatic heterocycles. The van der Waals surface area contributed by atoms with Crippen molar-refractivity contribution < 1.29 is 18.8 Å². The summed E-state index contributed by atoms with van der Waals surface area (Å²) in [4.78, 5) is 28.9. The van der Waals surface area contributed by atoms with Gasteiger partial charge in [-0.25, -0.2) is 0 Å². The van der Waals surface area contributed by atoms with Gasteiger partial charge in [-0.05, 0) is 29.5 Å². The second-order valence-corrected chi connectivity index (χ2v) is 6.66. The van der Waals surface area contributed by atoms with E-state index in [0.717, 1.165) is 22.5 Å². The normalized spacial score (nSPS) is 10.6. The van der Waals surface area contributed by atoms with E-state index in [1.54, 1.807) is 0 Å². The first-order valence-corrected chi connectivity index (χ1v) is 9.43. The van der Waals surface area contributed by atoms with Gasteiger partial charge in [0.2, 0.25) is 11.7 Å². The highest BCUT2D eigenvalue weighted by molar-refractivity contribution is 7.13. The van der Waals surface area contributed by atoms with Crippen molar-refractivity contribution in [2.75, 3.05) is 11.9 Å². The average molecular weight is 385 g/mol. The first kappa shape index (κ1) is 18.8. The van der Waals surface area contributed by atoms with Gasteiger partial charge in [0.25, 0.3) is 5.91 Å². The van der Waals surface area contributed by atoms with E-state index in [1.807, 2.05) is 48.7 Å². The molecule has 0 aliphatic carbocycles. The Labute approximate surface area is 160 Å². The molecule has 1 aromatic carbocycles. The zero-order chi connectivity index (χ0) is 19.1. The Morgan fingerprint density at radius 3 is 2.85 bits per heavy atom. The van der Waals surface area contributed by atoms with E-state index in [-0.39, 0.29) is 25.4 Å². The van der Waals surface area contributed by atoms with Crippen molar-refractivity contribution in [1.82, 2.24) is 10.1 Å². The van der Waals surface area contributed by atoms with Gasteiger partial charge in [0.15, 0.2) is 6.61 Å². The van der Waals surface area contributed by atoms with E-state index < -0.39 is 5.97 Å². The summed E-state index contributed by atoms with van der Waals surface area (Å²) < 4.78 is 10.1. The number of esters is 1. The number of aromatic nitrogens is 2. The molecule has 140 valence electrons. The summed E-state index contributed by atoms with van der Waals surface area (Å²) >= 11 is 1.51. The molecular formula is C19H19N3O4S. The second kappa shape index (κ2) is 9.09. The van der Waals surface area contributed by atoms with Crippen LogP contribution in [0.4, 0.5) is 5.69 Å². The number of aryl methyl sites for hydroxylation is 2. The van der Waals surface area contributed by atoms with Gasteiger partial charge in [-0.2, -0.15) is 4.98 Å². The summed E-state index contributed by atoms with van der Waals surface area (Å²) in [6, 6.07) is 11.3. The number of benzene rings is 1. The van der Waals surface area contributed by atoms with Crippen LogP contribution in [0.1, 0.15) is 24.8 Å². The Hall–Kier alpha value is -3.00. The summed E-state index contributed by atoms with van der Waals surface area (Å²) in [5.41, 5.74) is 1.75. The maximum Gasteiger partial charge on any atom is 0.306 e. The molecule has 0 fully saturated rings. The molecule has 0 saturated carbocycles. The highest BCUT2D eigenvalue weighted by Gasteiger charge is 2.13. The lowest BCUT2D eigenvalue weighted by atomic mass is 10.1. The van der Waals surface area contributed by atoms with E-state index in [2.05, 4.69) is 15.5 Å². The summed E-state index contributed by atoms with van der Waals surface area (Å²) in [7, 11) is 0. The zero-order valence-corrected chi connectivity index (χ0v) is 15.6. The Balaban J connectivity index is 1.42. The minimum absolute atomic E-state index is 0.0604. The fraction of sp³-hybridized carbons (Fsp3) is 0.263. The third kappa shape index (κ3) is 5.24. The molecule has 7 nitrogen and oxygen atoms in total. The molecule has 1 amide bonds. The van der Waals surface area contributed by atoms with Crippen molar-refractivity contribution in [2.45, 2.75) is 26.2 Å². The molecule has 3 rings (SSSR count). The number of anilines is 1. The first-order chi connectivity index (χ1) is 13.2. The molecule has 0 saturated heterocycles. The zero-order valence-electron chi connectivity index (χ0n) is 14.8. The van der Waals surface area contributed by atoms with Gasteiger partial charge in [0.1, 0.15) is 0 Å². The van der Waals surface area contributed by atoms with Gasteiger partial charge in [-0.15, -0.1) is 11.3 Å². The van der Waals surface area contributed by atoms with E-state index in [9.17, 15) is 9.59 Å². The third-order valence-electron chi connectivity index (χ3n) is 3.79. The van der Waals surface area contributed by atoms with Crippen LogP contribution in [0.2, 0.25) is 0 Å². The van der Waals surface area contributed by atoms with Crippen LogP contribution >= 0.6 is 11.3 Å². The second-order valence-electron chi connectivity index (χ2n) is 5.71. The van der Waals surface area contributed by atoms with Crippen LogP contribution in [0.25, 0.3) is 10.7 Å². The van der Waals surface area contributed by atoms with Crippen molar-refractivity contribution in [3.05, 3.63) is 53.2 Å². The van der Waals surface area contributed by atoms with Crippen LogP contribution in [-0.4, -0.2) is 28.6 Å². The van der Waals surface area contributed by atoms with Crippen LogP contribution in [-0.2, 0) is 27.2 Å². The largest absolute Gasteiger partial charge is 0.456 e. The van der Waals surface area contributed by atoms with Gasteiger partial charge in [0, 0.05) is 12.1 Å². The van der Waals surface area contributed by atoms with Gasteiger partial charge < -0.3 is 14.6 Å². The number of carbonyl (C=O) groups is 2. The fourth-order valence-electron chi connectivity index (χ4n) is 2.43. The van der Waals surface area contributed by atoms with Gasteiger partial charge in [0.05, 0.1) is 11.3 Å². The van der Waals surface area contributed by atoms with Gasteiger partial charge in [-0.1, -0.05) is 36.3 Å². The fourth-order valence-corrected chi connectivity index (χ4v) is 3.08. The lowest BCUT2D eigenvalue weighted by Gasteiger charge is -2.09. The summed E-state index contributed by atoms with van der Waals surface area (Å²) in [6.45, 7) is 1.67. The van der Waals surface area contributed by atoms with E-state index in [0.29, 0.717) is 11.7 Å². The molecule has 0 aliphatic heterocycles. The SMILES string of the molecule is CCc1ccccc1NC(=O)COC(=O)CCc1nc(-c2cccs2)no1. The van der Waals surface area contributed by atoms with E-state index in [1.165, 1.54) is 11.3 Å². The topological polar surface area (TPSA) is 94.3 Å². The molecule has 0 radical (unpaired) electrons. The van der Waals surface area contributed by atoms with Crippen LogP contribution < -0.4 is 5.32 Å². The predicted molar refractivity (Wildman–Crippen MR) is 101 cm³/mol. The molecular weight excluding hydrogens is 366 g/mol. The summed E-state index contributed by atoms with van der Waals surface area (Å²) in [5, 5.41) is 8.56. The molecule has 0 spiro atoms. The van der Waals surface area contributed by atoms with Crippen molar-refractivity contribution in [3.63, 3.8) is 0 Å². The summed E-state index contributed by atoms with van der Waals surface area (Å²) in [5.74, 6) is -0.00849. The number of ether oxygens (including phenoxy) is 1. The number of nitrogens with one attached hydrogen (secondary N) is 1. The molecule has 0 aliphatic rings. The number of para-hydroxylation sites is 1. The highest BCUT2D eigenvalue weighted by Crippen LogP contribution is 2.21. The van der Waals surface area contributed by atoms with Gasteiger partial charge in [-0.3, -0.25) is 9.59 Å². The molecule has 2 heterocycles. The number of thiophene rings is 1. The lowest BCUT2D eigenvalue weighted by Crippen LogP contribution is -2.21. The molecule has 3 aromatic rings. The Morgan fingerprint density at radius 1 is 1.22 bits per heavy atom. The number of hydrogen-bond acceptors (Lipinski definition) is 7. The van der Waals surface area contributed by atoms with E-state index in [4.69, 9.17) is 9.26 Å². The van der Waals surface area contributed by atoms with E-state index >= 15 is 0 Å². The minimum atomic E-state index is -0.496. The maximum absolute atomic E-state index is 12.0. The average Bonchev–Trinajstić information content (AvgIpc) is 3.36. The Bertz CT molecular complexity index is 905. The lowest BCUT2D eigenvalue weighted by molar-refractivity contribution is -0.147. The first-order valence-electron chi connectivity index (χ1n) is 8.55. The molecule has 0 bridgehead atoms. The molecule has 0 unspecified atom stereocenters. The number of hydrogen-bond donors (Lipinski definition) is 1. The molecule has 27 heavy (non-hydrogen) atoms. The standard InChI is InChI=1S/C19H19N3O4S/c1-2-13-6-3-4-7-14(13)20-16(23)12-25-18(24)10-9-17-21-19(22-26-17)15-8-5-11-27-15/h3-8,11H,2,9-10,12H2,1H3,(H,20,23). The van der Waals surface area contributed by atoms with Gasteiger partial charge >= 0.3 is 5.97 Å². The Kier molecular flexibility index (Phi) is 6.32. The Morgan fingerprint density at radius 2 is 2.07 bits per heavy atom. The van der Waals surface area contributed by atoms with Crippen LogP contribution in [0.3, 0.4) is 0 Å². The maximum atomic E-state index is 12.0. The van der Waals surface area contributed by atoms with Crippen molar-refractivity contribution in [1.29, 1.82) is 0 Å².